The van der Waals surface area contributed by atoms with Gasteiger partial charge in [0.15, 0.2) is 17.3 Å². The highest BCUT2D eigenvalue weighted by atomic mass is 35.5. The van der Waals surface area contributed by atoms with Crippen LogP contribution in [0.25, 0.3) is 17.0 Å². The number of carbonyl (C=O) groups is 1. The number of ether oxygens (including phenoxy) is 2. The summed E-state index contributed by atoms with van der Waals surface area (Å²) >= 11 is 12.5. The first-order valence-corrected chi connectivity index (χ1v) is 12.3. The van der Waals surface area contributed by atoms with Gasteiger partial charge in [0, 0.05) is 34.9 Å². The van der Waals surface area contributed by atoms with E-state index in [0.717, 1.165) is 11.3 Å². The van der Waals surface area contributed by atoms with Gasteiger partial charge in [-0.05, 0) is 41.3 Å². The van der Waals surface area contributed by atoms with Crippen molar-refractivity contribution in [2.45, 2.75) is 32.6 Å². The van der Waals surface area contributed by atoms with Crippen LogP contribution in [0, 0.1) is 5.41 Å². The van der Waals surface area contributed by atoms with Crippen molar-refractivity contribution in [3.63, 3.8) is 0 Å². The van der Waals surface area contributed by atoms with Crippen LogP contribution < -0.4 is 9.47 Å². The van der Waals surface area contributed by atoms with Crippen LogP contribution in [0.5, 0.6) is 11.6 Å². The summed E-state index contributed by atoms with van der Waals surface area (Å²) in [4.78, 5) is 23.0. The molecule has 0 N–H and O–H groups in total. The Labute approximate surface area is 217 Å². The summed E-state index contributed by atoms with van der Waals surface area (Å²) < 4.78 is 13.3. The molecule has 1 aliphatic carbocycles. The molecular weight excluding hydrogens is 499 g/mol. The maximum absolute atomic E-state index is 13.5. The number of carbonyl (C=O) groups excluding carboxylic acids is 1. The predicted molar refractivity (Wildman–Crippen MR) is 137 cm³/mol. The van der Waals surface area contributed by atoms with Crippen LogP contribution in [-0.2, 0) is 4.79 Å². The summed E-state index contributed by atoms with van der Waals surface area (Å²) in [5.74, 6) is 1.91. The molecular formula is C27H22Cl2N4O3. The summed E-state index contributed by atoms with van der Waals surface area (Å²) in [5, 5.41) is 5.59. The molecule has 9 heteroatoms. The third-order valence-corrected chi connectivity index (χ3v) is 7.23. The maximum Gasteiger partial charge on any atom is 0.228 e. The lowest BCUT2D eigenvalue weighted by Crippen LogP contribution is -2.33. The number of fused-ring (bicyclic) bond motifs is 3. The highest BCUT2D eigenvalue weighted by Crippen LogP contribution is 2.50. The molecule has 6 rings (SSSR count). The molecule has 0 saturated heterocycles. The van der Waals surface area contributed by atoms with Gasteiger partial charge in [0.1, 0.15) is 17.8 Å². The average molecular weight is 521 g/mol. The zero-order valence-corrected chi connectivity index (χ0v) is 21.4. The van der Waals surface area contributed by atoms with Crippen LogP contribution in [0.2, 0.25) is 10.0 Å². The fourth-order valence-corrected chi connectivity index (χ4v) is 5.55. The quantitative estimate of drug-likeness (QED) is 0.316. The summed E-state index contributed by atoms with van der Waals surface area (Å²) in [6.07, 6.45) is 2.65. The Bertz CT molecular complexity index is 1570. The van der Waals surface area contributed by atoms with Gasteiger partial charge in [-0.3, -0.25) is 4.79 Å². The molecule has 7 nitrogen and oxygen atoms in total. The van der Waals surface area contributed by atoms with E-state index in [0.29, 0.717) is 62.7 Å². The summed E-state index contributed by atoms with van der Waals surface area (Å²) in [6, 6.07) is 12.9. The first-order valence-electron chi connectivity index (χ1n) is 11.5. The molecule has 1 atom stereocenters. The van der Waals surface area contributed by atoms with Crippen molar-refractivity contribution < 1.29 is 14.3 Å². The Balaban J connectivity index is 1.59. The Kier molecular flexibility index (Phi) is 5.32. The van der Waals surface area contributed by atoms with Gasteiger partial charge in [-0.15, -0.1) is 5.10 Å². The van der Waals surface area contributed by atoms with Gasteiger partial charge in [0.05, 0.1) is 17.7 Å². The molecule has 36 heavy (non-hydrogen) atoms. The minimum atomic E-state index is -0.410. The van der Waals surface area contributed by atoms with E-state index in [9.17, 15) is 4.79 Å². The minimum Gasteiger partial charge on any atom is -0.497 e. The lowest BCUT2D eigenvalue weighted by molar-refractivity contribution is -0.118. The van der Waals surface area contributed by atoms with Crippen LogP contribution in [-0.4, -0.2) is 32.5 Å². The van der Waals surface area contributed by atoms with Crippen molar-refractivity contribution in [1.82, 2.24) is 19.6 Å². The number of allylic oxidation sites excluding steroid dienone is 2. The van der Waals surface area contributed by atoms with Gasteiger partial charge >= 0.3 is 0 Å². The number of hydrogen-bond donors (Lipinski definition) is 0. The Hall–Kier alpha value is -3.42. The second-order valence-electron chi connectivity index (χ2n) is 9.88. The zero-order chi connectivity index (χ0) is 25.2. The Morgan fingerprint density at radius 2 is 1.89 bits per heavy atom. The van der Waals surface area contributed by atoms with E-state index in [4.69, 9.17) is 37.7 Å². The molecule has 4 aromatic rings. The molecule has 182 valence electrons. The summed E-state index contributed by atoms with van der Waals surface area (Å²) in [7, 11) is 1.62. The molecule has 2 aliphatic rings. The average Bonchev–Trinajstić information content (AvgIpc) is 3.26. The van der Waals surface area contributed by atoms with Gasteiger partial charge in [-0.2, -0.15) is 0 Å². The molecule has 3 heterocycles. The number of methoxy groups -OCH3 is 1. The standard InChI is InChI=1S/C27H22Cl2N4O3/c1-27(2)11-19(34)22-20(12-27)36-26-23(21(22)14-4-7-16(35-3)8-5-14)25-31-24(32-33(25)13-30-26)17-9-6-15(28)10-18(17)29/h4-10,13,21H,11-12H2,1-3H3/t21-/m1/s1. The number of benzene rings is 2. The largest absolute Gasteiger partial charge is 0.497 e. The van der Waals surface area contributed by atoms with Crippen molar-refractivity contribution in [3.8, 4) is 23.0 Å². The highest BCUT2D eigenvalue weighted by Gasteiger charge is 2.44. The molecule has 0 unspecified atom stereocenters. The van der Waals surface area contributed by atoms with Gasteiger partial charge in [0.2, 0.25) is 5.88 Å². The monoisotopic (exact) mass is 520 g/mol. The first kappa shape index (κ1) is 23.0. The van der Waals surface area contributed by atoms with Gasteiger partial charge in [-0.1, -0.05) is 49.2 Å². The summed E-state index contributed by atoms with van der Waals surface area (Å²) in [6.45, 7) is 4.15. The molecule has 0 amide bonds. The van der Waals surface area contributed by atoms with E-state index in [1.807, 2.05) is 24.3 Å². The number of rotatable bonds is 3. The minimum absolute atomic E-state index is 0.0650. The smallest absolute Gasteiger partial charge is 0.228 e. The topological polar surface area (TPSA) is 78.6 Å². The first-order chi connectivity index (χ1) is 17.2. The fourth-order valence-electron chi connectivity index (χ4n) is 5.06. The van der Waals surface area contributed by atoms with E-state index < -0.39 is 5.92 Å². The Morgan fingerprint density at radius 1 is 1.11 bits per heavy atom. The van der Waals surface area contributed by atoms with Crippen LogP contribution in [0.3, 0.4) is 0 Å². The van der Waals surface area contributed by atoms with Crippen LogP contribution in [0.1, 0.15) is 43.7 Å². The normalized spacial score (nSPS) is 18.6. The number of aromatic nitrogens is 4. The molecule has 0 radical (unpaired) electrons. The van der Waals surface area contributed by atoms with Crippen molar-refractivity contribution in [2.24, 2.45) is 5.41 Å². The van der Waals surface area contributed by atoms with Crippen molar-refractivity contribution >= 4 is 34.6 Å². The fraction of sp³-hybridized carbons (Fsp3) is 0.259. The zero-order valence-electron chi connectivity index (χ0n) is 19.9. The summed E-state index contributed by atoms with van der Waals surface area (Å²) in [5.41, 5.74) is 3.26. The van der Waals surface area contributed by atoms with Gasteiger partial charge in [-0.25, -0.2) is 14.5 Å². The van der Waals surface area contributed by atoms with Crippen molar-refractivity contribution in [3.05, 3.63) is 81.3 Å². The lowest BCUT2D eigenvalue weighted by Gasteiger charge is -2.37. The number of hydrogen-bond acceptors (Lipinski definition) is 6. The second-order valence-corrected chi connectivity index (χ2v) is 10.7. The number of halogens is 2. The van der Waals surface area contributed by atoms with Gasteiger partial charge in [0.25, 0.3) is 0 Å². The van der Waals surface area contributed by atoms with Crippen molar-refractivity contribution in [1.29, 1.82) is 0 Å². The van der Waals surface area contributed by atoms with E-state index in [1.54, 1.807) is 36.2 Å². The van der Waals surface area contributed by atoms with Crippen LogP contribution in [0.4, 0.5) is 0 Å². The van der Waals surface area contributed by atoms with E-state index in [2.05, 4.69) is 23.9 Å². The predicted octanol–water partition coefficient (Wildman–Crippen LogP) is 6.27. The highest BCUT2D eigenvalue weighted by molar-refractivity contribution is 6.36. The van der Waals surface area contributed by atoms with E-state index in [1.165, 1.54) is 0 Å². The number of Topliss-reactive ketones (excluding diaryl/α,β-unsaturated/α-hetero) is 1. The molecule has 0 fully saturated rings. The van der Waals surface area contributed by atoms with Gasteiger partial charge < -0.3 is 9.47 Å². The third-order valence-electron chi connectivity index (χ3n) is 6.68. The molecule has 0 saturated carbocycles. The molecule has 1 aliphatic heterocycles. The lowest BCUT2D eigenvalue weighted by atomic mass is 9.70. The van der Waals surface area contributed by atoms with Crippen LogP contribution >= 0.6 is 23.2 Å². The van der Waals surface area contributed by atoms with Crippen LogP contribution in [0.15, 0.2) is 60.1 Å². The third kappa shape index (κ3) is 3.74. The molecule has 0 bridgehead atoms. The second kappa shape index (κ2) is 8.32. The van der Waals surface area contributed by atoms with E-state index >= 15 is 0 Å². The van der Waals surface area contributed by atoms with Crippen molar-refractivity contribution in [2.75, 3.05) is 7.11 Å². The SMILES string of the molecule is COc1ccc([C@@H]2C3=C(CC(C)(C)CC3=O)Oc3ncn4nc(-c5ccc(Cl)cc5Cl)nc4c32)cc1. The maximum atomic E-state index is 13.5. The number of ketones is 1. The molecule has 0 spiro atoms. The number of nitrogens with zero attached hydrogens (tertiary/aromatic N) is 4. The molecule has 2 aromatic carbocycles. The van der Waals surface area contributed by atoms with E-state index in [-0.39, 0.29) is 11.2 Å². The Morgan fingerprint density at radius 3 is 2.61 bits per heavy atom. The molecule has 2 aromatic heterocycles.